The van der Waals surface area contributed by atoms with Crippen molar-refractivity contribution in [3.8, 4) is 0 Å². The maximum absolute atomic E-state index is 14.1. The van der Waals surface area contributed by atoms with Gasteiger partial charge in [0.1, 0.15) is 0 Å². The van der Waals surface area contributed by atoms with Gasteiger partial charge in [0.15, 0.2) is 11.2 Å². The van der Waals surface area contributed by atoms with Crippen LogP contribution >= 0.6 is 0 Å². The predicted octanol–water partition coefficient (Wildman–Crippen LogP) is 3.05. The molecule has 116 valence electrons. The van der Waals surface area contributed by atoms with Crippen LogP contribution in [0.1, 0.15) is 11.1 Å². The monoisotopic (exact) mass is 312 g/mol. The van der Waals surface area contributed by atoms with Crippen molar-refractivity contribution >= 4 is 0 Å². The fourth-order valence-electron chi connectivity index (χ4n) is 2.99. The van der Waals surface area contributed by atoms with Gasteiger partial charge < -0.3 is 10.2 Å². The minimum absolute atomic E-state index is 0.475. The van der Waals surface area contributed by atoms with Crippen LogP contribution in [0.25, 0.3) is 0 Å². The van der Waals surface area contributed by atoms with E-state index in [1.807, 2.05) is 0 Å². The second kappa shape index (κ2) is 4.30. The molecule has 0 spiro atoms. The van der Waals surface area contributed by atoms with Gasteiger partial charge in [0.25, 0.3) is 0 Å². The van der Waals surface area contributed by atoms with Crippen molar-refractivity contribution < 1.29 is 27.8 Å². The second-order valence-corrected chi connectivity index (χ2v) is 5.30. The molecule has 2 nitrogen and oxygen atoms in total. The van der Waals surface area contributed by atoms with Gasteiger partial charge in [-0.2, -0.15) is 17.6 Å². The third kappa shape index (κ3) is 1.37. The summed E-state index contributed by atoms with van der Waals surface area (Å²) in [7, 11) is 0. The summed E-state index contributed by atoms with van der Waals surface area (Å²) in [5.74, 6) is -9.63. The maximum Gasteiger partial charge on any atom is 0.349 e. The van der Waals surface area contributed by atoms with Gasteiger partial charge in [-0.3, -0.25) is 0 Å². The molecule has 0 unspecified atom stereocenters. The van der Waals surface area contributed by atoms with E-state index < -0.39 is 34.2 Å². The van der Waals surface area contributed by atoms with E-state index in [9.17, 15) is 27.8 Å². The highest BCUT2D eigenvalue weighted by Gasteiger charge is 2.95. The van der Waals surface area contributed by atoms with Crippen LogP contribution in [0.5, 0.6) is 0 Å². The number of hydrogen-bond donors (Lipinski definition) is 2. The van der Waals surface area contributed by atoms with Crippen LogP contribution in [0.4, 0.5) is 17.6 Å². The van der Waals surface area contributed by atoms with Gasteiger partial charge in [-0.1, -0.05) is 60.7 Å². The normalized spacial score (nSPS) is 32.3. The Morgan fingerprint density at radius 2 is 0.818 bits per heavy atom. The van der Waals surface area contributed by atoms with E-state index in [1.54, 1.807) is 0 Å². The summed E-state index contributed by atoms with van der Waals surface area (Å²) in [5.41, 5.74) is -7.80. The van der Waals surface area contributed by atoms with E-state index in [1.165, 1.54) is 36.4 Å². The molecule has 0 radical (unpaired) electrons. The Kier molecular flexibility index (Phi) is 2.93. The van der Waals surface area contributed by atoms with Gasteiger partial charge in [-0.25, -0.2) is 0 Å². The van der Waals surface area contributed by atoms with E-state index in [0.29, 0.717) is 0 Å². The fraction of sp³-hybridized carbons (Fsp3) is 0.250. The van der Waals surface area contributed by atoms with E-state index >= 15 is 0 Å². The van der Waals surface area contributed by atoms with Crippen molar-refractivity contribution in [2.75, 3.05) is 0 Å². The molecule has 0 bridgehead atoms. The summed E-state index contributed by atoms with van der Waals surface area (Å²) >= 11 is 0. The van der Waals surface area contributed by atoms with Crippen LogP contribution < -0.4 is 0 Å². The SMILES string of the molecule is O[C@]1(c2ccccc2)C(F)(F)C(F)(F)[C@]1(O)c1ccccc1. The Balaban J connectivity index is 2.28. The predicted molar refractivity (Wildman–Crippen MR) is 70.6 cm³/mol. The van der Waals surface area contributed by atoms with Crippen molar-refractivity contribution in [1.82, 2.24) is 0 Å². The average molecular weight is 312 g/mol. The van der Waals surface area contributed by atoms with Crippen LogP contribution in [-0.4, -0.2) is 22.1 Å². The van der Waals surface area contributed by atoms with Gasteiger partial charge in [0.05, 0.1) is 0 Å². The molecule has 1 saturated carbocycles. The van der Waals surface area contributed by atoms with Crippen LogP contribution in [0.2, 0.25) is 0 Å². The highest BCUT2D eigenvalue weighted by atomic mass is 19.3. The Labute approximate surface area is 123 Å². The fourth-order valence-corrected chi connectivity index (χ4v) is 2.99. The maximum atomic E-state index is 14.1. The summed E-state index contributed by atoms with van der Waals surface area (Å²) in [6.45, 7) is 0. The van der Waals surface area contributed by atoms with Gasteiger partial charge in [-0.05, 0) is 11.1 Å². The smallest absolute Gasteiger partial charge is 0.349 e. The Hall–Kier alpha value is -1.92. The molecule has 2 aromatic rings. The third-order valence-corrected chi connectivity index (χ3v) is 4.21. The quantitative estimate of drug-likeness (QED) is 0.837. The first kappa shape index (κ1) is 15.0. The van der Waals surface area contributed by atoms with Crippen molar-refractivity contribution in [1.29, 1.82) is 0 Å². The molecule has 0 aliphatic heterocycles. The highest BCUT2D eigenvalue weighted by Crippen LogP contribution is 2.72. The molecule has 0 aromatic heterocycles. The molecule has 2 aromatic carbocycles. The van der Waals surface area contributed by atoms with Crippen molar-refractivity contribution in [3.63, 3.8) is 0 Å². The number of hydrogen-bond acceptors (Lipinski definition) is 2. The average Bonchev–Trinajstić information content (AvgIpc) is 2.54. The van der Waals surface area contributed by atoms with Gasteiger partial charge >= 0.3 is 11.8 Å². The first-order valence-corrected chi connectivity index (χ1v) is 6.52. The summed E-state index contributed by atoms with van der Waals surface area (Å²) in [5, 5.41) is 20.9. The zero-order valence-electron chi connectivity index (χ0n) is 11.2. The summed E-state index contributed by atoms with van der Waals surface area (Å²) in [6, 6.07) is 12.6. The molecule has 1 aliphatic carbocycles. The number of halogens is 4. The lowest BCUT2D eigenvalue weighted by Crippen LogP contribution is -2.85. The number of benzene rings is 2. The van der Waals surface area contributed by atoms with Crippen LogP contribution in [0, 0.1) is 0 Å². The standard InChI is InChI=1S/C16H12F4O2/c17-15(18)13(21,11-7-3-1-4-8-11)14(22,16(15,19)20)12-9-5-2-6-10-12/h1-10,21-22H/t13-,14-/m0/s1. The Bertz CT molecular complexity index is 628. The molecule has 22 heavy (non-hydrogen) atoms. The Morgan fingerprint density at radius 3 is 1.09 bits per heavy atom. The molecular weight excluding hydrogens is 300 g/mol. The number of aliphatic hydroxyl groups is 2. The summed E-state index contributed by atoms with van der Waals surface area (Å²) in [4.78, 5) is 0. The van der Waals surface area contributed by atoms with Crippen LogP contribution in [0.3, 0.4) is 0 Å². The van der Waals surface area contributed by atoms with Crippen molar-refractivity contribution in [2.45, 2.75) is 23.0 Å². The zero-order valence-corrected chi connectivity index (χ0v) is 11.2. The first-order chi connectivity index (χ1) is 10.2. The van der Waals surface area contributed by atoms with E-state index in [4.69, 9.17) is 0 Å². The highest BCUT2D eigenvalue weighted by molar-refractivity contribution is 5.47. The lowest BCUT2D eigenvalue weighted by atomic mass is 9.53. The van der Waals surface area contributed by atoms with Crippen LogP contribution in [-0.2, 0) is 11.2 Å². The third-order valence-electron chi connectivity index (χ3n) is 4.21. The first-order valence-electron chi connectivity index (χ1n) is 6.52. The largest absolute Gasteiger partial charge is 0.376 e. The van der Waals surface area contributed by atoms with Gasteiger partial charge in [-0.15, -0.1) is 0 Å². The molecule has 2 N–H and O–H groups in total. The minimum Gasteiger partial charge on any atom is -0.376 e. The van der Waals surface area contributed by atoms with Crippen LogP contribution in [0.15, 0.2) is 60.7 Å². The molecule has 0 amide bonds. The molecule has 0 heterocycles. The minimum atomic E-state index is -4.81. The molecule has 3 rings (SSSR count). The number of alkyl halides is 4. The van der Waals surface area contributed by atoms with Gasteiger partial charge in [0.2, 0.25) is 0 Å². The zero-order chi connectivity index (χ0) is 16.2. The molecule has 0 saturated heterocycles. The van der Waals surface area contributed by atoms with E-state index in [-0.39, 0.29) is 0 Å². The van der Waals surface area contributed by atoms with E-state index in [2.05, 4.69) is 0 Å². The Morgan fingerprint density at radius 1 is 0.545 bits per heavy atom. The van der Waals surface area contributed by atoms with Gasteiger partial charge in [0, 0.05) is 0 Å². The molecular formula is C16H12F4O2. The van der Waals surface area contributed by atoms with Crippen molar-refractivity contribution in [2.24, 2.45) is 0 Å². The molecule has 1 aliphatic rings. The molecule has 6 heteroatoms. The second-order valence-electron chi connectivity index (χ2n) is 5.30. The summed E-state index contributed by atoms with van der Waals surface area (Å²) in [6.07, 6.45) is 0. The summed E-state index contributed by atoms with van der Waals surface area (Å²) < 4.78 is 56.3. The molecule has 2 atom stereocenters. The van der Waals surface area contributed by atoms with Crippen molar-refractivity contribution in [3.05, 3.63) is 71.8 Å². The number of rotatable bonds is 2. The lowest BCUT2D eigenvalue weighted by molar-refractivity contribution is -0.489. The lowest BCUT2D eigenvalue weighted by Gasteiger charge is -2.62. The van der Waals surface area contributed by atoms with E-state index in [0.717, 1.165) is 24.3 Å². The molecule has 1 fully saturated rings. The topological polar surface area (TPSA) is 40.5 Å².